The minimum absolute atomic E-state index is 0.0129. The Morgan fingerprint density at radius 2 is 1.88 bits per heavy atom. The summed E-state index contributed by atoms with van der Waals surface area (Å²) in [5.74, 6) is -0.875. The number of amides is 1. The fourth-order valence-electron chi connectivity index (χ4n) is 2.99. The second-order valence-electron chi connectivity index (χ2n) is 6.08. The van der Waals surface area contributed by atoms with E-state index in [2.05, 4.69) is 21.2 Å². The first-order valence-electron chi connectivity index (χ1n) is 8.22. The van der Waals surface area contributed by atoms with Crippen molar-refractivity contribution in [3.05, 3.63) is 58.8 Å². The number of carbonyl (C=O) groups is 1. The number of hydrogen-bond acceptors (Lipinski definition) is 3. The van der Waals surface area contributed by atoms with E-state index in [1.807, 2.05) is 6.07 Å². The Morgan fingerprint density at radius 3 is 2.58 bits per heavy atom. The van der Waals surface area contributed by atoms with Crippen LogP contribution in [0.2, 0.25) is 0 Å². The number of benzene rings is 2. The molecule has 1 amide bonds. The summed E-state index contributed by atoms with van der Waals surface area (Å²) < 4.78 is 41.0. The van der Waals surface area contributed by atoms with Crippen molar-refractivity contribution in [1.82, 2.24) is 4.31 Å². The molecular weight excluding hydrogens is 423 g/mol. The first kappa shape index (κ1) is 19.0. The van der Waals surface area contributed by atoms with Gasteiger partial charge < -0.3 is 5.32 Å². The Labute approximate surface area is 160 Å². The van der Waals surface area contributed by atoms with E-state index < -0.39 is 21.9 Å². The Bertz CT molecular complexity index is 903. The molecule has 5 nitrogen and oxygen atoms in total. The number of piperidine rings is 1. The Hall–Kier alpha value is -1.77. The molecule has 26 heavy (non-hydrogen) atoms. The van der Waals surface area contributed by atoms with Gasteiger partial charge in [0.1, 0.15) is 11.9 Å². The van der Waals surface area contributed by atoms with Crippen LogP contribution in [0, 0.1) is 5.82 Å². The van der Waals surface area contributed by atoms with Crippen LogP contribution in [-0.4, -0.2) is 31.2 Å². The average molecular weight is 441 g/mol. The predicted octanol–water partition coefficient (Wildman–Crippen LogP) is 3.77. The molecule has 1 aliphatic heterocycles. The third-order valence-corrected chi connectivity index (χ3v) is 6.68. The molecule has 3 rings (SSSR count). The summed E-state index contributed by atoms with van der Waals surface area (Å²) in [5.41, 5.74) is 0.592. The van der Waals surface area contributed by atoms with E-state index in [4.69, 9.17) is 0 Å². The summed E-state index contributed by atoms with van der Waals surface area (Å²) in [6.07, 6.45) is 1.90. The molecule has 1 saturated heterocycles. The number of anilines is 1. The van der Waals surface area contributed by atoms with Gasteiger partial charge in [-0.25, -0.2) is 12.8 Å². The lowest BCUT2D eigenvalue weighted by atomic mass is 10.0. The number of hydrogen-bond donors (Lipinski definition) is 1. The summed E-state index contributed by atoms with van der Waals surface area (Å²) in [5, 5.41) is 2.78. The molecule has 0 saturated carbocycles. The molecular formula is C18H18BrFN2O3S. The molecule has 1 N–H and O–H groups in total. The van der Waals surface area contributed by atoms with Crippen molar-refractivity contribution in [3.63, 3.8) is 0 Å². The van der Waals surface area contributed by atoms with E-state index in [-0.39, 0.29) is 17.3 Å². The van der Waals surface area contributed by atoms with Crippen LogP contribution in [0.3, 0.4) is 0 Å². The highest BCUT2D eigenvalue weighted by Crippen LogP contribution is 2.27. The number of carbonyl (C=O) groups excluding carboxylic acids is 1. The van der Waals surface area contributed by atoms with E-state index in [0.29, 0.717) is 18.5 Å². The monoisotopic (exact) mass is 440 g/mol. The van der Waals surface area contributed by atoms with Crippen LogP contribution >= 0.6 is 15.9 Å². The molecule has 0 unspecified atom stereocenters. The van der Waals surface area contributed by atoms with Crippen LogP contribution < -0.4 is 5.32 Å². The van der Waals surface area contributed by atoms with Gasteiger partial charge in [0.25, 0.3) is 0 Å². The van der Waals surface area contributed by atoms with Crippen LogP contribution in [-0.2, 0) is 14.8 Å². The largest absolute Gasteiger partial charge is 0.325 e. The Balaban J connectivity index is 1.85. The topological polar surface area (TPSA) is 66.5 Å². The second kappa shape index (κ2) is 7.85. The van der Waals surface area contributed by atoms with Gasteiger partial charge >= 0.3 is 0 Å². The van der Waals surface area contributed by atoms with E-state index >= 15 is 0 Å². The van der Waals surface area contributed by atoms with Gasteiger partial charge in [0.15, 0.2) is 0 Å². The minimum Gasteiger partial charge on any atom is -0.325 e. The number of halogens is 2. The van der Waals surface area contributed by atoms with Crippen LogP contribution in [0.1, 0.15) is 19.3 Å². The average Bonchev–Trinajstić information content (AvgIpc) is 2.62. The normalized spacial score (nSPS) is 18.5. The highest BCUT2D eigenvalue weighted by Gasteiger charge is 2.37. The SMILES string of the molecule is O=C(Nc1cccc(Br)c1)[C@H]1CCCCN1S(=O)(=O)c1ccc(F)cc1. The van der Waals surface area contributed by atoms with Crippen molar-refractivity contribution in [3.8, 4) is 0 Å². The van der Waals surface area contributed by atoms with Gasteiger partial charge in [-0.15, -0.1) is 0 Å². The minimum atomic E-state index is -3.88. The zero-order valence-corrected chi connectivity index (χ0v) is 16.3. The molecule has 8 heteroatoms. The Kier molecular flexibility index (Phi) is 5.74. The fraction of sp³-hybridized carbons (Fsp3) is 0.278. The third kappa shape index (κ3) is 4.13. The Morgan fingerprint density at radius 1 is 1.15 bits per heavy atom. The summed E-state index contributed by atoms with van der Waals surface area (Å²) in [7, 11) is -3.88. The van der Waals surface area contributed by atoms with Crippen molar-refractivity contribution in [2.45, 2.75) is 30.2 Å². The molecule has 1 heterocycles. The third-order valence-electron chi connectivity index (χ3n) is 4.27. The first-order valence-corrected chi connectivity index (χ1v) is 10.4. The number of nitrogens with one attached hydrogen (secondary N) is 1. The van der Waals surface area contributed by atoms with Crippen molar-refractivity contribution in [2.75, 3.05) is 11.9 Å². The van der Waals surface area contributed by atoms with E-state index in [0.717, 1.165) is 23.0 Å². The van der Waals surface area contributed by atoms with Crippen molar-refractivity contribution >= 4 is 37.5 Å². The maximum absolute atomic E-state index is 13.1. The number of sulfonamides is 1. The van der Waals surface area contributed by atoms with Gasteiger partial charge in [-0.1, -0.05) is 28.4 Å². The maximum Gasteiger partial charge on any atom is 0.243 e. The zero-order valence-electron chi connectivity index (χ0n) is 13.9. The standard InChI is InChI=1S/C18H18BrFN2O3S/c19-13-4-3-5-15(12-13)21-18(23)17-6-1-2-11-22(17)26(24,25)16-9-7-14(20)8-10-16/h3-5,7-10,12,17H,1-2,6,11H2,(H,21,23)/t17-/m1/s1. The summed E-state index contributed by atoms with van der Waals surface area (Å²) in [6, 6.07) is 11.0. The molecule has 0 aliphatic carbocycles. The molecule has 0 radical (unpaired) electrons. The molecule has 1 aliphatic rings. The molecule has 1 atom stereocenters. The van der Waals surface area contributed by atoms with Gasteiger partial charge in [-0.2, -0.15) is 4.31 Å². The van der Waals surface area contributed by atoms with E-state index in [1.165, 1.54) is 16.4 Å². The summed E-state index contributed by atoms with van der Waals surface area (Å²) >= 11 is 3.34. The van der Waals surface area contributed by atoms with Crippen LogP contribution in [0.4, 0.5) is 10.1 Å². The molecule has 138 valence electrons. The molecule has 2 aromatic carbocycles. The second-order valence-corrected chi connectivity index (χ2v) is 8.89. The molecule has 1 fully saturated rings. The number of rotatable bonds is 4. The number of nitrogens with zero attached hydrogens (tertiary/aromatic N) is 1. The van der Waals surface area contributed by atoms with Crippen LogP contribution in [0.15, 0.2) is 57.9 Å². The molecule has 2 aromatic rings. The lowest BCUT2D eigenvalue weighted by Crippen LogP contribution is -2.49. The lowest BCUT2D eigenvalue weighted by Gasteiger charge is -2.33. The lowest BCUT2D eigenvalue weighted by molar-refractivity contribution is -0.120. The van der Waals surface area contributed by atoms with E-state index in [9.17, 15) is 17.6 Å². The van der Waals surface area contributed by atoms with Crippen LogP contribution in [0.25, 0.3) is 0 Å². The summed E-state index contributed by atoms with van der Waals surface area (Å²) in [4.78, 5) is 12.7. The predicted molar refractivity (Wildman–Crippen MR) is 101 cm³/mol. The van der Waals surface area contributed by atoms with Gasteiger partial charge in [-0.05, 0) is 55.3 Å². The van der Waals surface area contributed by atoms with Gasteiger partial charge in [0.05, 0.1) is 4.90 Å². The van der Waals surface area contributed by atoms with Gasteiger partial charge in [0.2, 0.25) is 15.9 Å². The fourth-order valence-corrected chi connectivity index (χ4v) is 5.04. The highest BCUT2D eigenvalue weighted by atomic mass is 79.9. The smallest absolute Gasteiger partial charge is 0.243 e. The van der Waals surface area contributed by atoms with Crippen molar-refractivity contribution in [2.24, 2.45) is 0 Å². The quantitative estimate of drug-likeness (QED) is 0.786. The van der Waals surface area contributed by atoms with Crippen LogP contribution in [0.5, 0.6) is 0 Å². The first-order chi connectivity index (χ1) is 12.4. The molecule has 0 aromatic heterocycles. The van der Waals surface area contributed by atoms with Crippen molar-refractivity contribution < 1.29 is 17.6 Å². The highest BCUT2D eigenvalue weighted by molar-refractivity contribution is 9.10. The summed E-state index contributed by atoms with van der Waals surface area (Å²) in [6.45, 7) is 0.260. The van der Waals surface area contributed by atoms with Gasteiger partial charge in [0, 0.05) is 16.7 Å². The zero-order chi connectivity index (χ0) is 18.7. The molecule has 0 spiro atoms. The van der Waals surface area contributed by atoms with Gasteiger partial charge in [-0.3, -0.25) is 4.79 Å². The van der Waals surface area contributed by atoms with E-state index in [1.54, 1.807) is 18.2 Å². The van der Waals surface area contributed by atoms with Crippen molar-refractivity contribution in [1.29, 1.82) is 0 Å². The molecule has 0 bridgehead atoms. The maximum atomic E-state index is 13.1.